The van der Waals surface area contributed by atoms with Crippen LogP contribution in [0.15, 0.2) is 54.9 Å². The van der Waals surface area contributed by atoms with Crippen LogP contribution in [0.5, 0.6) is 0 Å². The molecule has 3 aromatic rings. The van der Waals surface area contributed by atoms with Crippen LogP contribution < -0.4 is 5.32 Å². The van der Waals surface area contributed by atoms with E-state index in [2.05, 4.69) is 27.1 Å². The molecule has 3 rings (SSSR count). The van der Waals surface area contributed by atoms with Gasteiger partial charge in [-0.15, -0.1) is 0 Å². The van der Waals surface area contributed by atoms with E-state index in [9.17, 15) is 4.79 Å². The summed E-state index contributed by atoms with van der Waals surface area (Å²) in [7, 11) is 0. The fourth-order valence-corrected chi connectivity index (χ4v) is 2.33. The lowest BCUT2D eigenvalue weighted by atomic mass is 10.1. The molecule has 0 spiro atoms. The highest BCUT2D eigenvalue weighted by molar-refractivity contribution is 6.34. The summed E-state index contributed by atoms with van der Waals surface area (Å²) in [5.74, 6) is 5.83. The Kier molecular flexibility index (Phi) is 5.45. The number of ether oxygens (including phenoxy) is 1. The van der Waals surface area contributed by atoms with Gasteiger partial charge in [-0.1, -0.05) is 53.8 Å². The Balaban J connectivity index is 1.52. The van der Waals surface area contributed by atoms with Crippen LogP contribution in [0.2, 0.25) is 5.15 Å². The minimum atomic E-state index is -0.506. The highest BCUT2D eigenvalue weighted by Crippen LogP contribution is 2.19. The molecular formula is C19H14ClN3O2. The number of aromatic nitrogens is 2. The second kappa shape index (κ2) is 8.13. The van der Waals surface area contributed by atoms with E-state index < -0.39 is 6.09 Å². The molecule has 0 saturated heterocycles. The van der Waals surface area contributed by atoms with Gasteiger partial charge in [0.25, 0.3) is 0 Å². The van der Waals surface area contributed by atoms with Gasteiger partial charge in [0, 0.05) is 10.9 Å². The molecule has 1 aromatic heterocycles. The summed E-state index contributed by atoms with van der Waals surface area (Å²) < 4.78 is 5.10. The van der Waals surface area contributed by atoms with E-state index in [4.69, 9.17) is 16.3 Å². The summed E-state index contributed by atoms with van der Waals surface area (Å²) in [6.07, 6.45) is 0.911. The van der Waals surface area contributed by atoms with Crippen LogP contribution in [0.25, 0.3) is 10.9 Å². The molecule has 1 amide bonds. The fourth-order valence-electron chi connectivity index (χ4n) is 2.14. The molecule has 0 aliphatic rings. The number of carbonyl (C=O) groups excluding carboxylic acids is 1. The fraction of sp³-hybridized carbons (Fsp3) is 0.105. The zero-order valence-corrected chi connectivity index (χ0v) is 14.0. The summed E-state index contributed by atoms with van der Waals surface area (Å²) in [4.78, 5) is 19.7. The van der Waals surface area contributed by atoms with Crippen molar-refractivity contribution in [1.29, 1.82) is 0 Å². The van der Waals surface area contributed by atoms with Gasteiger partial charge in [0.05, 0.1) is 12.1 Å². The van der Waals surface area contributed by atoms with Gasteiger partial charge in [-0.2, -0.15) is 0 Å². The Labute approximate surface area is 150 Å². The SMILES string of the molecule is O=C(NCC#Cc1ccc2ncnc(Cl)c2c1)OCc1ccccc1. The predicted molar refractivity (Wildman–Crippen MR) is 96.1 cm³/mol. The van der Waals surface area contributed by atoms with Crippen molar-refractivity contribution in [3.05, 3.63) is 71.1 Å². The van der Waals surface area contributed by atoms with Crippen molar-refractivity contribution in [1.82, 2.24) is 15.3 Å². The zero-order valence-electron chi connectivity index (χ0n) is 13.2. The Hall–Kier alpha value is -3.10. The number of hydrogen-bond acceptors (Lipinski definition) is 4. The zero-order chi connectivity index (χ0) is 17.5. The summed E-state index contributed by atoms with van der Waals surface area (Å²) in [5, 5.41) is 3.71. The summed E-state index contributed by atoms with van der Waals surface area (Å²) >= 11 is 6.04. The summed E-state index contributed by atoms with van der Waals surface area (Å²) in [5.41, 5.74) is 2.45. The maximum absolute atomic E-state index is 11.6. The van der Waals surface area contributed by atoms with Crippen molar-refractivity contribution in [3.8, 4) is 11.8 Å². The van der Waals surface area contributed by atoms with Gasteiger partial charge in [-0.05, 0) is 23.8 Å². The van der Waals surface area contributed by atoms with E-state index in [0.29, 0.717) is 5.15 Å². The van der Waals surface area contributed by atoms with Crippen LogP contribution in [0, 0.1) is 11.8 Å². The lowest BCUT2D eigenvalue weighted by molar-refractivity contribution is 0.141. The third-order valence-corrected chi connectivity index (χ3v) is 3.65. The van der Waals surface area contributed by atoms with Crippen molar-refractivity contribution < 1.29 is 9.53 Å². The lowest BCUT2D eigenvalue weighted by Crippen LogP contribution is -2.24. The van der Waals surface area contributed by atoms with E-state index >= 15 is 0 Å². The highest BCUT2D eigenvalue weighted by Gasteiger charge is 2.02. The van der Waals surface area contributed by atoms with Crippen LogP contribution in [0.1, 0.15) is 11.1 Å². The van der Waals surface area contributed by atoms with E-state index in [-0.39, 0.29) is 13.2 Å². The molecule has 25 heavy (non-hydrogen) atoms. The Morgan fingerprint density at radius 3 is 2.84 bits per heavy atom. The average molecular weight is 352 g/mol. The Morgan fingerprint density at radius 2 is 2.00 bits per heavy atom. The first-order chi connectivity index (χ1) is 12.2. The average Bonchev–Trinajstić information content (AvgIpc) is 2.65. The number of nitrogens with zero attached hydrogens (tertiary/aromatic N) is 2. The van der Waals surface area contributed by atoms with Gasteiger partial charge < -0.3 is 10.1 Å². The molecule has 0 radical (unpaired) electrons. The topological polar surface area (TPSA) is 64.1 Å². The molecule has 0 bridgehead atoms. The number of alkyl carbamates (subject to hydrolysis) is 1. The van der Waals surface area contributed by atoms with E-state index in [0.717, 1.165) is 22.0 Å². The molecule has 1 heterocycles. The monoisotopic (exact) mass is 351 g/mol. The van der Waals surface area contributed by atoms with Crippen LogP contribution >= 0.6 is 11.6 Å². The first kappa shape index (κ1) is 16.7. The maximum atomic E-state index is 11.6. The first-order valence-corrected chi connectivity index (χ1v) is 7.94. The molecular weight excluding hydrogens is 338 g/mol. The van der Waals surface area contributed by atoms with E-state index in [1.807, 2.05) is 48.5 Å². The Bertz CT molecular complexity index is 949. The van der Waals surface area contributed by atoms with Crippen molar-refractivity contribution in [3.63, 3.8) is 0 Å². The second-order valence-corrected chi connectivity index (χ2v) is 5.47. The molecule has 0 aliphatic heterocycles. The number of hydrogen-bond donors (Lipinski definition) is 1. The number of halogens is 1. The number of fused-ring (bicyclic) bond motifs is 1. The van der Waals surface area contributed by atoms with Gasteiger partial charge in [0.1, 0.15) is 18.1 Å². The van der Waals surface area contributed by atoms with E-state index in [1.165, 1.54) is 6.33 Å². The molecule has 1 N–H and O–H groups in total. The van der Waals surface area contributed by atoms with E-state index in [1.54, 1.807) is 0 Å². The van der Waals surface area contributed by atoms with Crippen LogP contribution in [0.3, 0.4) is 0 Å². The molecule has 5 nitrogen and oxygen atoms in total. The molecule has 0 fully saturated rings. The first-order valence-electron chi connectivity index (χ1n) is 7.56. The standard InChI is InChI=1S/C19H14ClN3O2/c20-18-16-11-14(8-9-17(16)22-13-23-18)7-4-10-21-19(24)25-12-15-5-2-1-3-6-15/h1-3,5-6,8-9,11,13H,10,12H2,(H,21,24). The summed E-state index contributed by atoms with van der Waals surface area (Å²) in [6, 6.07) is 15.0. The minimum absolute atomic E-state index is 0.185. The summed E-state index contributed by atoms with van der Waals surface area (Å²) in [6.45, 7) is 0.411. The minimum Gasteiger partial charge on any atom is -0.445 e. The molecule has 0 atom stereocenters. The van der Waals surface area contributed by atoms with Gasteiger partial charge >= 0.3 is 6.09 Å². The van der Waals surface area contributed by atoms with Gasteiger partial charge in [0.15, 0.2) is 0 Å². The van der Waals surface area contributed by atoms with Gasteiger partial charge in [0.2, 0.25) is 0 Å². The van der Waals surface area contributed by atoms with Crippen LogP contribution in [0.4, 0.5) is 4.79 Å². The van der Waals surface area contributed by atoms with Crippen molar-refractivity contribution in [2.45, 2.75) is 6.61 Å². The number of rotatable bonds is 3. The highest BCUT2D eigenvalue weighted by atomic mass is 35.5. The second-order valence-electron chi connectivity index (χ2n) is 5.11. The molecule has 0 unspecified atom stereocenters. The third kappa shape index (κ3) is 4.69. The van der Waals surface area contributed by atoms with Gasteiger partial charge in [-0.25, -0.2) is 14.8 Å². The lowest BCUT2D eigenvalue weighted by Gasteiger charge is -2.04. The number of benzene rings is 2. The molecule has 6 heteroatoms. The van der Waals surface area contributed by atoms with Crippen LogP contribution in [-0.4, -0.2) is 22.6 Å². The van der Waals surface area contributed by atoms with Crippen molar-refractivity contribution >= 4 is 28.6 Å². The largest absolute Gasteiger partial charge is 0.445 e. The van der Waals surface area contributed by atoms with Gasteiger partial charge in [-0.3, -0.25) is 0 Å². The third-order valence-electron chi connectivity index (χ3n) is 3.35. The molecule has 2 aromatic carbocycles. The smallest absolute Gasteiger partial charge is 0.408 e. The number of amides is 1. The number of carbonyl (C=O) groups is 1. The quantitative estimate of drug-likeness (QED) is 0.579. The Morgan fingerprint density at radius 1 is 1.16 bits per heavy atom. The maximum Gasteiger partial charge on any atom is 0.408 e. The normalized spacial score (nSPS) is 9.96. The number of nitrogens with one attached hydrogen (secondary N) is 1. The molecule has 124 valence electrons. The van der Waals surface area contributed by atoms with Crippen molar-refractivity contribution in [2.75, 3.05) is 6.54 Å². The predicted octanol–water partition coefficient (Wildman–Crippen LogP) is 3.56. The molecule has 0 saturated carbocycles. The van der Waals surface area contributed by atoms with Crippen molar-refractivity contribution in [2.24, 2.45) is 0 Å². The molecule has 0 aliphatic carbocycles. The van der Waals surface area contributed by atoms with Crippen LogP contribution in [-0.2, 0) is 11.3 Å².